The average Bonchev–Trinajstić information content (AvgIpc) is 2.46. The summed E-state index contributed by atoms with van der Waals surface area (Å²) in [7, 11) is 0. The maximum Gasteiger partial charge on any atom is 0.251 e. The van der Waals surface area contributed by atoms with Gasteiger partial charge in [0.15, 0.2) is 0 Å². The van der Waals surface area contributed by atoms with E-state index in [0.29, 0.717) is 18.0 Å². The molecule has 2 aromatic rings. The standard InChI is InChI=1S/C15H17ClN2O/c16-8-2-1-3-9-18-15(19)13-6-7-14-12(11-13)5-4-10-17-14/h4-7,10-11H,1-3,8-9H2,(H,18,19). The number of amides is 1. The van der Waals surface area contributed by atoms with E-state index in [-0.39, 0.29) is 5.91 Å². The molecular weight excluding hydrogens is 260 g/mol. The lowest BCUT2D eigenvalue weighted by molar-refractivity contribution is 0.0953. The number of aromatic nitrogens is 1. The van der Waals surface area contributed by atoms with E-state index in [4.69, 9.17) is 11.6 Å². The molecule has 1 heterocycles. The summed E-state index contributed by atoms with van der Waals surface area (Å²) in [6, 6.07) is 9.38. The molecule has 0 unspecified atom stereocenters. The lowest BCUT2D eigenvalue weighted by Gasteiger charge is -2.05. The zero-order valence-corrected chi connectivity index (χ0v) is 11.5. The van der Waals surface area contributed by atoms with Gasteiger partial charge >= 0.3 is 0 Å². The monoisotopic (exact) mass is 276 g/mol. The summed E-state index contributed by atoms with van der Waals surface area (Å²) in [5, 5.41) is 3.90. The third-order valence-corrected chi connectivity index (χ3v) is 3.23. The van der Waals surface area contributed by atoms with Crippen LogP contribution >= 0.6 is 11.6 Å². The third-order valence-electron chi connectivity index (χ3n) is 2.96. The minimum Gasteiger partial charge on any atom is -0.352 e. The Balaban J connectivity index is 1.93. The van der Waals surface area contributed by atoms with Crippen molar-refractivity contribution in [1.82, 2.24) is 10.3 Å². The highest BCUT2D eigenvalue weighted by molar-refractivity contribution is 6.17. The Morgan fingerprint density at radius 3 is 2.95 bits per heavy atom. The lowest BCUT2D eigenvalue weighted by Crippen LogP contribution is -2.24. The molecule has 0 saturated carbocycles. The average molecular weight is 277 g/mol. The van der Waals surface area contributed by atoms with E-state index in [9.17, 15) is 4.79 Å². The second kappa shape index (κ2) is 7.10. The van der Waals surface area contributed by atoms with Crippen molar-refractivity contribution in [3.8, 4) is 0 Å². The molecule has 2 rings (SSSR count). The van der Waals surface area contributed by atoms with Gasteiger partial charge in [-0.25, -0.2) is 0 Å². The van der Waals surface area contributed by atoms with E-state index in [1.54, 1.807) is 6.20 Å². The number of hydrogen-bond acceptors (Lipinski definition) is 2. The van der Waals surface area contributed by atoms with Crippen LogP contribution in [0.25, 0.3) is 10.9 Å². The van der Waals surface area contributed by atoms with Gasteiger partial charge in [-0.05, 0) is 37.1 Å². The SMILES string of the molecule is O=C(NCCCCCCl)c1ccc2ncccc2c1. The van der Waals surface area contributed by atoms with Gasteiger partial charge in [0.25, 0.3) is 5.91 Å². The summed E-state index contributed by atoms with van der Waals surface area (Å²) < 4.78 is 0. The highest BCUT2D eigenvalue weighted by atomic mass is 35.5. The van der Waals surface area contributed by atoms with Gasteiger partial charge in [-0.3, -0.25) is 9.78 Å². The van der Waals surface area contributed by atoms with Crippen molar-refractivity contribution in [2.75, 3.05) is 12.4 Å². The first-order valence-corrected chi connectivity index (χ1v) is 7.03. The molecule has 4 heteroatoms. The maximum atomic E-state index is 12.0. The number of alkyl halides is 1. The predicted molar refractivity (Wildman–Crippen MR) is 78.6 cm³/mol. The number of fused-ring (bicyclic) bond motifs is 1. The molecule has 0 aliphatic rings. The molecule has 0 spiro atoms. The predicted octanol–water partition coefficient (Wildman–Crippen LogP) is 3.37. The molecule has 0 radical (unpaired) electrons. The number of pyridine rings is 1. The van der Waals surface area contributed by atoms with Crippen LogP contribution in [0.3, 0.4) is 0 Å². The molecule has 1 aromatic carbocycles. The Labute approximate surface area is 118 Å². The molecule has 3 nitrogen and oxygen atoms in total. The largest absolute Gasteiger partial charge is 0.352 e. The van der Waals surface area contributed by atoms with Crippen molar-refractivity contribution >= 4 is 28.4 Å². The van der Waals surface area contributed by atoms with Gasteiger partial charge in [-0.15, -0.1) is 11.6 Å². The van der Waals surface area contributed by atoms with E-state index < -0.39 is 0 Å². The summed E-state index contributed by atoms with van der Waals surface area (Å²) >= 11 is 5.60. The lowest BCUT2D eigenvalue weighted by atomic mass is 10.1. The minimum atomic E-state index is -0.0309. The van der Waals surface area contributed by atoms with Crippen molar-refractivity contribution in [3.05, 3.63) is 42.1 Å². The van der Waals surface area contributed by atoms with Crippen LogP contribution < -0.4 is 5.32 Å². The normalized spacial score (nSPS) is 10.6. The number of rotatable bonds is 6. The van der Waals surface area contributed by atoms with Crippen LogP contribution in [-0.2, 0) is 0 Å². The molecule has 1 aromatic heterocycles. The van der Waals surface area contributed by atoms with Crippen LogP contribution in [0.2, 0.25) is 0 Å². The zero-order chi connectivity index (χ0) is 13.5. The van der Waals surface area contributed by atoms with Crippen molar-refractivity contribution < 1.29 is 4.79 Å². The Hall–Kier alpha value is -1.61. The second-order valence-electron chi connectivity index (χ2n) is 4.42. The fourth-order valence-corrected chi connectivity index (χ4v) is 2.11. The Morgan fingerprint density at radius 2 is 2.11 bits per heavy atom. The topological polar surface area (TPSA) is 42.0 Å². The highest BCUT2D eigenvalue weighted by Gasteiger charge is 2.05. The molecule has 0 fully saturated rings. The molecule has 0 aliphatic heterocycles. The van der Waals surface area contributed by atoms with Crippen LogP contribution in [0.4, 0.5) is 0 Å². The molecule has 100 valence electrons. The summed E-state index contributed by atoms with van der Waals surface area (Å²) in [6.45, 7) is 0.695. The number of hydrogen-bond donors (Lipinski definition) is 1. The first-order chi connectivity index (χ1) is 9.31. The summed E-state index contributed by atoms with van der Waals surface area (Å²) in [5.41, 5.74) is 1.58. The summed E-state index contributed by atoms with van der Waals surface area (Å²) in [4.78, 5) is 16.2. The maximum absolute atomic E-state index is 12.0. The fourth-order valence-electron chi connectivity index (χ4n) is 1.92. The first-order valence-electron chi connectivity index (χ1n) is 6.50. The van der Waals surface area contributed by atoms with Crippen molar-refractivity contribution in [2.45, 2.75) is 19.3 Å². The van der Waals surface area contributed by atoms with Gasteiger partial charge in [-0.2, -0.15) is 0 Å². The van der Waals surface area contributed by atoms with Gasteiger partial charge in [0.05, 0.1) is 5.52 Å². The Kier molecular flexibility index (Phi) is 5.16. The van der Waals surface area contributed by atoms with E-state index >= 15 is 0 Å². The second-order valence-corrected chi connectivity index (χ2v) is 4.79. The van der Waals surface area contributed by atoms with Crippen LogP contribution in [-0.4, -0.2) is 23.3 Å². The van der Waals surface area contributed by atoms with Crippen LogP contribution in [0.5, 0.6) is 0 Å². The molecule has 1 N–H and O–H groups in total. The number of unbranched alkanes of at least 4 members (excludes halogenated alkanes) is 2. The molecule has 0 atom stereocenters. The van der Waals surface area contributed by atoms with E-state index in [2.05, 4.69) is 10.3 Å². The Morgan fingerprint density at radius 1 is 1.21 bits per heavy atom. The molecule has 0 saturated heterocycles. The summed E-state index contributed by atoms with van der Waals surface area (Å²) in [6.07, 6.45) is 4.76. The molecular formula is C15H17ClN2O. The van der Waals surface area contributed by atoms with E-state index in [1.165, 1.54) is 0 Å². The number of carbonyl (C=O) groups is 1. The number of halogens is 1. The number of carbonyl (C=O) groups excluding carboxylic acids is 1. The van der Waals surface area contributed by atoms with Crippen molar-refractivity contribution in [2.24, 2.45) is 0 Å². The van der Waals surface area contributed by atoms with E-state index in [1.807, 2.05) is 30.3 Å². The number of benzene rings is 1. The quantitative estimate of drug-likeness (QED) is 0.649. The molecule has 1 amide bonds. The van der Waals surface area contributed by atoms with Gasteiger partial charge < -0.3 is 5.32 Å². The van der Waals surface area contributed by atoms with Crippen LogP contribution in [0.1, 0.15) is 29.6 Å². The molecule has 0 bridgehead atoms. The van der Waals surface area contributed by atoms with Gasteiger partial charge in [0.2, 0.25) is 0 Å². The smallest absolute Gasteiger partial charge is 0.251 e. The Bertz CT molecular complexity index is 557. The number of nitrogens with zero attached hydrogens (tertiary/aromatic N) is 1. The fraction of sp³-hybridized carbons (Fsp3) is 0.333. The highest BCUT2D eigenvalue weighted by Crippen LogP contribution is 2.13. The van der Waals surface area contributed by atoms with Crippen molar-refractivity contribution in [1.29, 1.82) is 0 Å². The molecule has 0 aliphatic carbocycles. The van der Waals surface area contributed by atoms with E-state index in [0.717, 1.165) is 30.2 Å². The molecule has 19 heavy (non-hydrogen) atoms. The zero-order valence-electron chi connectivity index (χ0n) is 10.7. The van der Waals surface area contributed by atoms with Gasteiger partial charge in [0, 0.05) is 29.6 Å². The number of nitrogens with one attached hydrogen (secondary N) is 1. The third kappa shape index (κ3) is 3.93. The van der Waals surface area contributed by atoms with Crippen LogP contribution in [0.15, 0.2) is 36.5 Å². The minimum absolute atomic E-state index is 0.0309. The van der Waals surface area contributed by atoms with Crippen LogP contribution in [0, 0.1) is 0 Å². The first kappa shape index (κ1) is 13.8. The van der Waals surface area contributed by atoms with Gasteiger partial charge in [-0.1, -0.05) is 12.5 Å². The van der Waals surface area contributed by atoms with Crippen molar-refractivity contribution in [3.63, 3.8) is 0 Å². The summed E-state index contributed by atoms with van der Waals surface area (Å²) in [5.74, 6) is 0.655. The van der Waals surface area contributed by atoms with Gasteiger partial charge in [0.1, 0.15) is 0 Å².